The first-order valence-electron chi connectivity index (χ1n) is 31.7. The maximum absolute atomic E-state index is 14.6. The minimum Gasteiger partial charge on any atom is -0.460 e. The third-order valence-corrected chi connectivity index (χ3v) is 18.1. The molecule has 474 valence electrons. The van der Waals surface area contributed by atoms with Gasteiger partial charge in [-0.1, -0.05) is 158 Å². The number of ether oxygens (including phenoxy) is 7. The Morgan fingerprint density at radius 2 is 0.928 bits per heavy atom. The SMILES string of the molecule is CCCCCCCCCCCCCCCCCN(C(=O)OC1CCCOC1COCC(CCCCCCOS(=O)(=O)c1ccc(C)cc1)OC(C)=O)C1CCCOC1COCC(CCCCCCOS(=O)(=O)c1ccc(C)cc1)OC(C)=O. The van der Waals surface area contributed by atoms with Crippen molar-refractivity contribution >= 4 is 38.3 Å². The summed E-state index contributed by atoms with van der Waals surface area (Å²) in [6.07, 6.45) is 25.2. The minimum absolute atomic E-state index is 0.0803. The van der Waals surface area contributed by atoms with Crippen LogP contribution in [0, 0.1) is 13.8 Å². The topological polar surface area (TPSA) is 206 Å². The molecule has 0 aliphatic carbocycles. The predicted octanol–water partition coefficient (Wildman–Crippen LogP) is 13.6. The Balaban J connectivity index is 1.28. The number of aryl methyl sites for hydroxylation is 2. The highest BCUT2D eigenvalue weighted by molar-refractivity contribution is 7.87. The quantitative estimate of drug-likeness (QED) is 0.0261. The molecule has 0 radical (unpaired) electrons. The van der Waals surface area contributed by atoms with Crippen LogP contribution in [0.5, 0.6) is 0 Å². The van der Waals surface area contributed by atoms with Crippen LogP contribution in [0.25, 0.3) is 0 Å². The lowest BCUT2D eigenvalue weighted by Gasteiger charge is -2.40. The normalized spacial score (nSPS) is 18.3. The van der Waals surface area contributed by atoms with Gasteiger partial charge >= 0.3 is 18.0 Å². The van der Waals surface area contributed by atoms with E-state index < -0.39 is 68.8 Å². The zero-order chi connectivity index (χ0) is 60.0. The standard InChI is InChI=1S/C64H105NO16S2/c1-6-7-8-9-10-11-12-13-14-15-16-17-18-21-26-43-65(60-33-29-44-75-62(60)50-73-48-56(79-54(4)66)31-24-19-22-27-46-77-82(69,70)58-39-35-52(2)36-40-58)64(68)81-61-34-30-45-76-63(61)51-74-49-57(80-55(5)67)32-25-20-23-28-47-78-83(71,72)59-41-37-53(3)38-42-59/h35-42,56-57,60-63H,6-34,43-51H2,1-5H3. The summed E-state index contributed by atoms with van der Waals surface area (Å²) < 4.78 is 103. The van der Waals surface area contributed by atoms with Gasteiger partial charge in [-0.25, -0.2) is 4.79 Å². The van der Waals surface area contributed by atoms with Gasteiger partial charge in [0.05, 0.1) is 55.5 Å². The van der Waals surface area contributed by atoms with E-state index in [1.165, 1.54) is 90.9 Å². The Morgan fingerprint density at radius 3 is 1.39 bits per heavy atom. The van der Waals surface area contributed by atoms with Gasteiger partial charge in [0, 0.05) is 33.6 Å². The Hall–Kier alpha value is -3.69. The average Bonchev–Trinajstić information content (AvgIpc) is 3.53. The third kappa shape index (κ3) is 31.0. The third-order valence-electron chi connectivity index (χ3n) is 15.4. The van der Waals surface area contributed by atoms with E-state index in [1.54, 1.807) is 48.5 Å². The maximum atomic E-state index is 14.6. The Morgan fingerprint density at radius 1 is 0.530 bits per heavy atom. The van der Waals surface area contributed by atoms with Gasteiger partial charge < -0.3 is 38.1 Å². The molecule has 17 nitrogen and oxygen atoms in total. The van der Waals surface area contributed by atoms with Crippen molar-refractivity contribution in [3.05, 3.63) is 59.7 Å². The number of rotatable bonds is 46. The summed E-state index contributed by atoms with van der Waals surface area (Å²) in [5, 5.41) is 0. The minimum atomic E-state index is -3.82. The summed E-state index contributed by atoms with van der Waals surface area (Å²) in [6, 6.07) is 12.8. The smallest absolute Gasteiger partial charge is 0.410 e. The molecule has 0 saturated carbocycles. The average molecular weight is 1210 g/mol. The van der Waals surface area contributed by atoms with Gasteiger partial charge in [0.2, 0.25) is 0 Å². The number of benzene rings is 2. The molecule has 2 aromatic rings. The number of carbonyl (C=O) groups excluding carboxylic acids is 3. The van der Waals surface area contributed by atoms with Crippen LogP contribution in [0.15, 0.2) is 58.3 Å². The number of hydrogen-bond acceptors (Lipinski definition) is 16. The first-order chi connectivity index (χ1) is 40.1. The molecule has 0 spiro atoms. The van der Waals surface area contributed by atoms with Crippen LogP contribution in [0.2, 0.25) is 0 Å². The first-order valence-corrected chi connectivity index (χ1v) is 34.5. The molecule has 0 aromatic heterocycles. The number of amides is 1. The van der Waals surface area contributed by atoms with Crippen LogP contribution in [0.1, 0.15) is 218 Å². The lowest BCUT2D eigenvalue weighted by molar-refractivity contribution is -0.154. The summed E-state index contributed by atoms with van der Waals surface area (Å²) in [5.41, 5.74) is 1.93. The molecule has 2 aromatic carbocycles. The van der Waals surface area contributed by atoms with E-state index in [0.717, 1.165) is 75.3 Å². The molecule has 6 atom stereocenters. The van der Waals surface area contributed by atoms with Crippen molar-refractivity contribution in [2.75, 3.05) is 59.4 Å². The summed E-state index contributed by atoms with van der Waals surface area (Å²) in [7, 11) is -7.64. The van der Waals surface area contributed by atoms with E-state index in [4.69, 9.17) is 41.5 Å². The van der Waals surface area contributed by atoms with E-state index in [9.17, 15) is 31.2 Å². The largest absolute Gasteiger partial charge is 0.460 e. The fourth-order valence-corrected chi connectivity index (χ4v) is 12.6. The van der Waals surface area contributed by atoms with Crippen molar-refractivity contribution in [2.24, 2.45) is 0 Å². The van der Waals surface area contributed by atoms with Gasteiger partial charge in [0.1, 0.15) is 30.5 Å². The highest BCUT2D eigenvalue weighted by Gasteiger charge is 2.38. The van der Waals surface area contributed by atoms with Crippen LogP contribution in [0.4, 0.5) is 4.79 Å². The second-order valence-electron chi connectivity index (χ2n) is 22.9. The molecule has 2 aliphatic rings. The summed E-state index contributed by atoms with van der Waals surface area (Å²) in [5.74, 6) is -0.816. The van der Waals surface area contributed by atoms with Gasteiger partial charge in [0.15, 0.2) is 0 Å². The number of carbonyl (C=O) groups is 3. The molecular weight excluding hydrogens is 1100 g/mol. The van der Waals surface area contributed by atoms with Crippen LogP contribution >= 0.6 is 0 Å². The van der Waals surface area contributed by atoms with Gasteiger partial charge in [-0.15, -0.1) is 0 Å². The van der Waals surface area contributed by atoms with Crippen molar-refractivity contribution in [1.29, 1.82) is 0 Å². The van der Waals surface area contributed by atoms with Crippen molar-refractivity contribution in [1.82, 2.24) is 4.90 Å². The molecule has 0 bridgehead atoms. The number of nitrogens with zero attached hydrogens (tertiary/aromatic N) is 1. The van der Waals surface area contributed by atoms with Crippen LogP contribution < -0.4 is 0 Å². The van der Waals surface area contributed by atoms with Gasteiger partial charge in [-0.05, 0) is 109 Å². The maximum Gasteiger partial charge on any atom is 0.410 e. The Labute approximate surface area is 499 Å². The Bertz CT molecular complexity index is 2280. The molecule has 19 heteroatoms. The molecule has 83 heavy (non-hydrogen) atoms. The monoisotopic (exact) mass is 1210 g/mol. The lowest BCUT2D eigenvalue weighted by Crippen LogP contribution is -2.54. The molecule has 2 aliphatic heterocycles. The highest BCUT2D eigenvalue weighted by atomic mass is 32.2. The highest BCUT2D eigenvalue weighted by Crippen LogP contribution is 2.27. The van der Waals surface area contributed by atoms with E-state index >= 15 is 0 Å². The molecule has 2 saturated heterocycles. The zero-order valence-corrected chi connectivity index (χ0v) is 52.9. The first kappa shape index (κ1) is 71.8. The zero-order valence-electron chi connectivity index (χ0n) is 51.2. The van der Waals surface area contributed by atoms with Crippen LogP contribution in [0.3, 0.4) is 0 Å². The summed E-state index contributed by atoms with van der Waals surface area (Å²) in [6.45, 7) is 11.1. The van der Waals surface area contributed by atoms with Crippen molar-refractivity contribution in [3.8, 4) is 0 Å². The van der Waals surface area contributed by atoms with Crippen molar-refractivity contribution < 1.29 is 72.7 Å². The van der Waals surface area contributed by atoms with Crippen molar-refractivity contribution in [2.45, 2.75) is 267 Å². The molecular formula is C64H105NO16S2. The van der Waals surface area contributed by atoms with Gasteiger partial charge in [-0.2, -0.15) is 16.8 Å². The second-order valence-corrected chi connectivity index (χ2v) is 26.1. The lowest BCUT2D eigenvalue weighted by atomic mass is 10.0. The molecule has 0 N–H and O–H groups in total. The van der Waals surface area contributed by atoms with E-state index in [-0.39, 0.29) is 55.5 Å². The fourth-order valence-electron chi connectivity index (χ4n) is 10.7. The molecule has 2 fully saturated rings. The molecule has 6 unspecified atom stereocenters. The predicted molar refractivity (Wildman–Crippen MR) is 321 cm³/mol. The fraction of sp³-hybridized carbons (Fsp3) is 0.766. The molecule has 2 heterocycles. The summed E-state index contributed by atoms with van der Waals surface area (Å²) >= 11 is 0. The van der Waals surface area contributed by atoms with Crippen LogP contribution in [-0.2, 0) is 71.3 Å². The van der Waals surface area contributed by atoms with E-state index in [1.807, 2.05) is 18.7 Å². The number of unbranched alkanes of at least 4 members (excludes halogenated alkanes) is 20. The van der Waals surface area contributed by atoms with E-state index in [0.29, 0.717) is 64.7 Å². The van der Waals surface area contributed by atoms with Crippen LogP contribution in [-0.4, -0.2) is 136 Å². The van der Waals surface area contributed by atoms with Gasteiger partial charge in [0.25, 0.3) is 20.2 Å². The summed E-state index contributed by atoms with van der Waals surface area (Å²) in [4.78, 5) is 41.0. The number of hydrogen-bond donors (Lipinski definition) is 0. The molecule has 4 rings (SSSR count). The Kier molecular flexibility index (Phi) is 36.5. The molecule has 1 amide bonds. The second kappa shape index (κ2) is 42.2. The number of esters is 2. The van der Waals surface area contributed by atoms with Crippen molar-refractivity contribution in [3.63, 3.8) is 0 Å². The van der Waals surface area contributed by atoms with Gasteiger partial charge in [-0.3, -0.25) is 18.0 Å². The van der Waals surface area contributed by atoms with E-state index in [2.05, 4.69) is 6.92 Å².